The number of hydrogen-bond acceptors (Lipinski definition) is 3. The molecule has 0 aliphatic rings. The van der Waals surface area contributed by atoms with Gasteiger partial charge in [0.1, 0.15) is 5.69 Å². The molecule has 0 radical (unpaired) electrons. The van der Waals surface area contributed by atoms with Gasteiger partial charge in [-0.15, -0.1) is 0 Å². The summed E-state index contributed by atoms with van der Waals surface area (Å²) in [5, 5.41) is 14.6. The number of nitro groups is 1. The van der Waals surface area contributed by atoms with Crippen LogP contribution in [0.2, 0.25) is 10.0 Å². The van der Waals surface area contributed by atoms with Crippen LogP contribution in [0.4, 0.5) is 11.4 Å². The number of rotatable bonds is 9. The minimum absolute atomic E-state index is 0.0378. The number of unbranched alkanes of at least 4 members (excludes halogenated alkanes) is 3. The molecule has 1 aromatic carbocycles. The van der Waals surface area contributed by atoms with Gasteiger partial charge < -0.3 is 5.32 Å². The Morgan fingerprint density at radius 2 is 1.76 bits per heavy atom. The van der Waals surface area contributed by atoms with Gasteiger partial charge in [-0.1, -0.05) is 62.7 Å². The number of nitrogens with one attached hydrogen (secondary N) is 1. The molecule has 0 saturated heterocycles. The first kappa shape index (κ1) is 18.1. The van der Waals surface area contributed by atoms with Crippen molar-refractivity contribution in [1.29, 1.82) is 0 Å². The quantitative estimate of drug-likeness (QED) is 0.347. The van der Waals surface area contributed by atoms with Crippen LogP contribution in [-0.2, 0) is 0 Å². The second-order valence-electron chi connectivity index (χ2n) is 5.56. The van der Waals surface area contributed by atoms with Gasteiger partial charge in [0.15, 0.2) is 0 Å². The van der Waals surface area contributed by atoms with E-state index in [9.17, 15) is 10.1 Å². The molecular weight excluding hydrogens is 311 g/mol. The lowest BCUT2D eigenvalue weighted by atomic mass is 10.0. The molecule has 6 heteroatoms. The van der Waals surface area contributed by atoms with Crippen molar-refractivity contribution in [3.05, 3.63) is 32.3 Å². The minimum Gasteiger partial charge on any atom is -0.379 e. The molecule has 0 aliphatic carbocycles. The fourth-order valence-corrected chi connectivity index (χ4v) is 2.40. The second-order valence-corrected chi connectivity index (χ2v) is 6.38. The molecule has 118 valence electrons. The van der Waals surface area contributed by atoms with Crippen LogP contribution in [-0.4, -0.2) is 11.5 Å². The van der Waals surface area contributed by atoms with Gasteiger partial charge in [-0.3, -0.25) is 10.1 Å². The highest BCUT2D eigenvalue weighted by Crippen LogP contribution is 2.33. The van der Waals surface area contributed by atoms with Crippen LogP contribution in [0.15, 0.2) is 12.1 Å². The summed E-state index contributed by atoms with van der Waals surface area (Å²) in [6.07, 6.45) is 5.80. The molecule has 0 aromatic heterocycles. The van der Waals surface area contributed by atoms with E-state index in [0.717, 1.165) is 18.8 Å². The van der Waals surface area contributed by atoms with Gasteiger partial charge in [0.2, 0.25) is 0 Å². The third kappa shape index (κ3) is 6.53. The van der Waals surface area contributed by atoms with Crippen LogP contribution in [0.25, 0.3) is 0 Å². The van der Waals surface area contributed by atoms with Crippen molar-refractivity contribution in [3.63, 3.8) is 0 Å². The van der Waals surface area contributed by atoms with Gasteiger partial charge >= 0.3 is 0 Å². The van der Waals surface area contributed by atoms with Crippen LogP contribution >= 0.6 is 23.2 Å². The van der Waals surface area contributed by atoms with Crippen molar-refractivity contribution < 1.29 is 4.92 Å². The first-order valence-electron chi connectivity index (χ1n) is 7.29. The van der Waals surface area contributed by atoms with Crippen LogP contribution in [0.1, 0.15) is 46.0 Å². The lowest BCUT2D eigenvalue weighted by molar-refractivity contribution is -0.383. The van der Waals surface area contributed by atoms with Crippen molar-refractivity contribution in [3.8, 4) is 0 Å². The molecule has 0 atom stereocenters. The third-order valence-electron chi connectivity index (χ3n) is 3.26. The largest absolute Gasteiger partial charge is 0.379 e. The number of nitro benzene ring substituents is 1. The maximum atomic E-state index is 11.0. The van der Waals surface area contributed by atoms with E-state index in [1.807, 2.05) is 0 Å². The van der Waals surface area contributed by atoms with Crippen molar-refractivity contribution in [2.45, 2.75) is 46.0 Å². The van der Waals surface area contributed by atoms with Crippen molar-refractivity contribution in [2.75, 3.05) is 11.9 Å². The molecule has 0 saturated carbocycles. The Morgan fingerprint density at radius 1 is 1.14 bits per heavy atom. The fraction of sp³-hybridized carbons (Fsp3) is 0.600. The van der Waals surface area contributed by atoms with Crippen molar-refractivity contribution in [2.24, 2.45) is 5.92 Å². The number of halogens is 2. The highest BCUT2D eigenvalue weighted by molar-refractivity contribution is 6.42. The zero-order valence-corrected chi connectivity index (χ0v) is 14.0. The van der Waals surface area contributed by atoms with Gasteiger partial charge in [-0.05, 0) is 18.4 Å². The molecule has 21 heavy (non-hydrogen) atoms. The first-order valence-corrected chi connectivity index (χ1v) is 8.04. The van der Waals surface area contributed by atoms with Crippen LogP contribution < -0.4 is 5.32 Å². The monoisotopic (exact) mass is 332 g/mol. The highest BCUT2D eigenvalue weighted by atomic mass is 35.5. The van der Waals surface area contributed by atoms with E-state index in [-0.39, 0.29) is 10.7 Å². The average molecular weight is 333 g/mol. The Labute approximate surface area is 136 Å². The van der Waals surface area contributed by atoms with Crippen molar-refractivity contribution >= 4 is 34.6 Å². The lowest BCUT2D eigenvalue weighted by Crippen LogP contribution is -2.04. The van der Waals surface area contributed by atoms with E-state index in [1.54, 1.807) is 0 Å². The predicted octanol–water partition coefficient (Wildman–Crippen LogP) is 5.92. The first-order chi connectivity index (χ1) is 9.91. The van der Waals surface area contributed by atoms with Crippen LogP contribution in [0, 0.1) is 16.0 Å². The molecule has 0 bridgehead atoms. The molecule has 0 spiro atoms. The molecule has 0 amide bonds. The summed E-state index contributed by atoms with van der Waals surface area (Å²) < 4.78 is 0. The van der Waals surface area contributed by atoms with E-state index < -0.39 is 4.92 Å². The summed E-state index contributed by atoms with van der Waals surface area (Å²) in [6.45, 7) is 5.15. The Hall–Kier alpha value is -1.00. The number of benzene rings is 1. The minimum atomic E-state index is -0.451. The average Bonchev–Trinajstić information content (AvgIpc) is 2.40. The summed E-state index contributed by atoms with van der Waals surface area (Å²) in [5.41, 5.74) is 0.390. The Kier molecular flexibility index (Phi) is 7.83. The zero-order valence-electron chi connectivity index (χ0n) is 12.5. The molecule has 0 unspecified atom stereocenters. The third-order valence-corrected chi connectivity index (χ3v) is 3.98. The van der Waals surface area contributed by atoms with E-state index in [2.05, 4.69) is 19.2 Å². The molecule has 4 nitrogen and oxygen atoms in total. The number of nitrogens with zero attached hydrogens (tertiary/aromatic N) is 1. The molecule has 1 aromatic rings. The zero-order chi connectivity index (χ0) is 15.8. The summed E-state index contributed by atoms with van der Waals surface area (Å²) in [7, 11) is 0. The second kappa shape index (κ2) is 9.11. The van der Waals surface area contributed by atoms with E-state index >= 15 is 0 Å². The van der Waals surface area contributed by atoms with Gasteiger partial charge in [-0.25, -0.2) is 0 Å². The van der Waals surface area contributed by atoms with Crippen LogP contribution in [0.5, 0.6) is 0 Å². The highest BCUT2D eigenvalue weighted by Gasteiger charge is 2.16. The predicted molar refractivity (Wildman–Crippen MR) is 89.5 cm³/mol. The topological polar surface area (TPSA) is 55.2 Å². The van der Waals surface area contributed by atoms with Gasteiger partial charge in [0.05, 0.1) is 15.0 Å². The standard InChI is InChI=1S/C15H22Cl2N2O2/c1-11(2)7-5-3-4-6-8-18-14-9-12(16)13(17)10-15(14)19(20)21/h9-11,18H,3-8H2,1-2H3. The number of hydrogen-bond donors (Lipinski definition) is 1. The normalized spacial score (nSPS) is 10.9. The SMILES string of the molecule is CC(C)CCCCCCNc1cc(Cl)c(Cl)cc1[N+](=O)[O-]. The molecular formula is C15H22Cl2N2O2. The maximum Gasteiger partial charge on any atom is 0.293 e. The van der Waals surface area contributed by atoms with Gasteiger partial charge in [0.25, 0.3) is 5.69 Å². The fourth-order valence-electron chi connectivity index (χ4n) is 2.08. The van der Waals surface area contributed by atoms with Gasteiger partial charge in [0, 0.05) is 12.6 Å². The maximum absolute atomic E-state index is 11.0. The van der Waals surface area contributed by atoms with E-state index in [4.69, 9.17) is 23.2 Å². The smallest absolute Gasteiger partial charge is 0.293 e. The number of anilines is 1. The summed E-state index contributed by atoms with van der Waals surface area (Å²) in [5.74, 6) is 0.752. The summed E-state index contributed by atoms with van der Waals surface area (Å²) in [6, 6.07) is 2.80. The van der Waals surface area contributed by atoms with Crippen LogP contribution in [0.3, 0.4) is 0 Å². The molecule has 1 rings (SSSR count). The summed E-state index contributed by atoms with van der Waals surface area (Å²) in [4.78, 5) is 10.5. The molecule has 0 aliphatic heterocycles. The Morgan fingerprint density at radius 3 is 2.38 bits per heavy atom. The van der Waals surface area contributed by atoms with E-state index in [0.29, 0.717) is 17.3 Å². The Bertz CT molecular complexity index is 479. The van der Waals surface area contributed by atoms with Crippen molar-refractivity contribution in [1.82, 2.24) is 0 Å². The molecule has 0 heterocycles. The summed E-state index contributed by atoms with van der Waals surface area (Å²) >= 11 is 11.7. The molecule has 0 fully saturated rings. The molecule has 1 N–H and O–H groups in total. The lowest BCUT2D eigenvalue weighted by Gasteiger charge is -2.09. The van der Waals surface area contributed by atoms with E-state index in [1.165, 1.54) is 31.4 Å². The Balaban J connectivity index is 2.41. The van der Waals surface area contributed by atoms with Gasteiger partial charge in [-0.2, -0.15) is 0 Å².